The van der Waals surface area contributed by atoms with E-state index in [1.165, 1.54) is 11.3 Å². The predicted molar refractivity (Wildman–Crippen MR) is 88.1 cm³/mol. The fraction of sp³-hybridized carbons (Fsp3) is 0.562. The number of nitrogens with two attached hydrogens (primary N) is 1. The van der Waals surface area contributed by atoms with Crippen molar-refractivity contribution in [2.45, 2.75) is 44.8 Å². The van der Waals surface area contributed by atoms with E-state index in [2.05, 4.69) is 5.32 Å². The molecule has 2 aliphatic rings. The minimum atomic E-state index is -1.02. The molecule has 4 N–H and O–H groups in total. The summed E-state index contributed by atoms with van der Waals surface area (Å²) in [6.45, 7) is 3.96. The lowest BCUT2D eigenvalue weighted by atomic mass is 9.79. The van der Waals surface area contributed by atoms with Crippen LogP contribution in [-0.4, -0.2) is 35.1 Å². The van der Waals surface area contributed by atoms with Crippen LogP contribution in [0, 0.1) is 11.8 Å². The largest absolute Gasteiger partial charge is 0.481 e. The number of ether oxygens (including phenoxy) is 1. The lowest BCUT2D eigenvalue weighted by Gasteiger charge is -2.23. The van der Waals surface area contributed by atoms with Crippen molar-refractivity contribution < 1.29 is 24.2 Å². The lowest BCUT2D eigenvalue weighted by molar-refractivity contribution is -0.147. The molecule has 24 heavy (non-hydrogen) atoms. The zero-order valence-electron chi connectivity index (χ0n) is 13.4. The molecule has 0 saturated carbocycles. The highest BCUT2D eigenvalue weighted by Crippen LogP contribution is 2.44. The van der Waals surface area contributed by atoms with Crippen molar-refractivity contribution in [1.82, 2.24) is 0 Å². The van der Waals surface area contributed by atoms with Crippen LogP contribution in [0.3, 0.4) is 0 Å². The molecule has 0 unspecified atom stereocenters. The number of hydrogen-bond acceptors (Lipinski definition) is 5. The molecular weight excluding hydrogens is 332 g/mol. The molecular formula is C16H20N2O5S. The number of carboxylic acid groups (broad SMARTS) is 1. The van der Waals surface area contributed by atoms with Gasteiger partial charge in [-0.3, -0.25) is 14.4 Å². The molecule has 2 fully saturated rings. The van der Waals surface area contributed by atoms with E-state index in [-0.39, 0.29) is 17.6 Å². The number of nitrogens with one attached hydrogen (secondary N) is 1. The number of carbonyl (C=O) groups is 3. The Hall–Kier alpha value is -1.93. The van der Waals surface area contributed by atoms with Gasteiger partial charge in [-0.1, -0.05) is 13.8 Å². The van der Waals surface area contributed by atoms with Crippen molar-refractivity contribution in [3.05, 3.63) is 16.5 Å². The van der Waals surface area contributed by atoms with Gasteiger partial charge >= 0.3 is 5.97 Å². The van der Waals surface area contributed by atoms with E-state index in [0.717, 1.165) is 4.88 Å². The Balaban J connectivity index is 1.84. The van der Waals surface area contributed by atoms with Crippen LogP contribution in [0.5, 0.6) is 0 Å². The van der Waals surface area contributed by atoms with Crippen LogP contribution in [0.25, 0.3) is 0 Å². The van der Waals surface area contributed by atoms with Crippen molar-refractivity contribution in [2.24, 2.45) is 17.6 Å². The number of rotatable bonds is 5. The van der Waals surface area contributed by atoms with E-state index in [1.54, 1.807) is 6.07 Å². The summed E-state index contributed by atoms with van der Waals surface area (Å²) in [5, 5.41) is 12.5. The SMILES string of the molecule is CC(C)c1cc(C(N)=O)c(NC(=O)[C@H]2[C@@H](C(=O)O)[C@H]3CC[C@@H]2O3)s1. The molecule has 0 aliphatic carbocycles. The second-order valence-corrected chi connectivity index (χ2v) is 7.66. The first-order valence-electron chi connectivity index (χ1n) is 7.92. The molecule has 2 saturated heterocycles. The Kier molecular flexibility index (Phi) is 4.35. The minimum Gasteiger partial charge on any atom is -0.481 e. The molecule has 130 valence electrons. The van der Waals surface area contributed by atoms with Crippen LogP contribution in [0.2, 0.25) is 0 Å². The van der Waals surface area contributed by atoms with Gasteiger partial charge < -0.3 is 20.9 Å². The van der Waals surface area contributed by atoms with Crippen LogP contribution in [-0.2, 0) is 14.3 Å². The van der Waals surface area contributed by atoms with Gasteiger partial charge in [0.1, 0.15) is 5.00 Å². The molecule has 1 aromatic rings. The zero-order valence-corrected chi connectivity index (χ0v) is 14.3. The maximum Gasteiger partial charge on any atom is 0.310 e. The normalized spacial score (nSPS) is 28.3. The molecule has 4 atom stereocenters. The lowest BCUT2D eigenvalue weighted by Crippen LogP contribution is -2.41. The van der Waals surface area contributed by atoms with Crippen molar-refractivity contribution in [3.63, 3.8) is 0 Å². The van der Waals surface area contributed by atoms with Crippen LogP contribution >= 0.6 is 11.3 Å². The maximum absolute atomic E-state index is 12.7. The van der Waals surface area contributed by atoms with Gasteiger partial charge in [0.15, 0.2) is 0 Å². The Morgan fingerprint density at radius 2 is 1.92 bits per heavy atom. The number of hydrogen-bond donors (Lipinski definition) is 3. The summed E-state index contributed by atoms with van der Waals surface area (Å²) in [5.74, 6) is -3.46. The molecule has 0 aromatic carbocycles. The highest BCUT2D eigenvalue weighted by Gasteiger charge is 2.55. The monoisotopic (exact) mass is 352 g/mol. The van der Waals surface area contributed by atoms with E-state index in [0.29, 0.717) is 17.8 Å². The summed E-state index contributed by atoms with van der Waals surface area (Å²) in [5.41, 5.74) is 5.65. The van der Waals surface area contributed by atoms with Crippen LogP contribution in [0.4, 0.5) is 5.00 Å². The smallest absolute Gasteiger partial charge is 0.310 e. The number of primary amides is 1. The first-order valence-corrected chi connectivity index (χ1v) is 8.74. The number of anilines is 1. The Morgan fingerprint density at radius 1 is 1.29 bits per heavy atom. The number of aliphatic carboxylic acids is 1. The maximum atomic E-state index is 12.7. The summed E-state index contributed by atoms with van der Waals surface area (Å²) in [6.07, 6.45) is 0.553. The highest BCUT2D eigenvalue weighted by molar-refractivity contribution is 7.16. The molecule has 3 rings (SSSR count). The summed E-state index contributed by atoms with van der Waals surface area (Å²) < 4.78 is 5.61. The third-order valence-electron chi connectivity index (χ3n) is 4.68. The van der Waals surface area contributed by atoms with Gasteiger partial charge in [0.25, 0.3) is 5.91 Å². The van der Waals surface area contributed by atoms with Crippen molar-refractivity contribution in [2.75, 3.05) is 5.32 Å². The summed E-state index contributed by atoms with van der Waals surface area (Å²) in [4.78, 5) is 36.7. The van der Waals surface area contributed by atoms with Gasteiger partial charge in [-0.2, -0.15) is 0 Å². The van der Waals surface area contributed by atoms with Gasteiger partial charge in [-0.25, -0.2) is 0 Å². The van der Waals surface area contributed by atoms with Gasteiger partial charge in [0, 0.05) is 4.88 Å². The highest BCUT2D eigenvalue weighted by atomic mass is 32.1. The van der Waals surface area contributed by atoms with Crippen LogP contribution in [0.1, 0.15) is 47.8 Å². The van der Waals surface area contributed by atoms with E-state index < -0.39 is 35.7 Å². The number of fused-ring (bicyclic) bond motifs is 2. The van der Waals surface area contributed by atoms with Crippen molar-refractivity contribution in [1.29, 1.82) is 0 Å². The fourth-order valence-electron chi connectivity index (χ4n) is 3.49. The number of carboxylic acids is 1. The molecule has 2 amide bonds. The van der Waals surface area contributed by atoms with E-state index >= 15 is 0 Å². The number of thiophene rings is 1. The summed E-state index contributed by atoms with van der Waals surface area (Å²) in [6, 6.07) is 1.68. The van der Waals surface area contributed by atoms with E-state index in [4.69, 9.17) is 10.5 Å². The summed E-state index contributed by atoms with van der Waals surface area (Å²) in [7, 11) is 0. The van der Waals surface area contributed by atoms with E-state index in [9.17, 15) is 19.5 Å². The first-order chi connectivity index (χ1) is 11.3. The van der Waals surface area contributed by atoms with E-state index in [1.807, 2.05) is 13.8 Å². The Labute approximate surface area is 143 Å². The predicted octanol–water partition coefficient (Wildman–Crippen LogP) is 1.79. The minimum absolute atomic E-state index is 0.191. The standard InChI is InChI=1S/C16H20N2O5S/c1-6(2)10-5-7(13(17)19)15(24-10)18-14(20)11-8-3-4-9(23-8)12(11)16(21)22/h5-6,8-9,11-12H,3-4H2,1-2H3,(H2,17,19)(H,18,20)(H,21,22)/t8-,9+,11+,12-/m0/s1. The number of amides is 2. The van der Waals surface area contributed by atoms with Gasteiger partial charge in [-0.05, 0) is 24.8 Å². The van der Waals surface area contributed by atoms with Crippen molar-refractivity contribution >= 4 is 34.1 Å². The summed E-state index contributed by atoms with van der Waals surface area (Å²) >= 11 is 1.29. The molecule has 3 heterocycles. The average Bonchev–Trinajstić information content (AvgIpc) is 3.19. The molecule has 2 aliphatic heterocycles. The molecule has 8 heteroatoms. The molecule has 0 spiro atoms. The average molecular weight is 352 g/mol. The second kappa shape index (κ2) is 6.18. The fourth-order valence-corrected chi connectivity index (χ4v) is 4.56. The number of carbonyl (C=O) groups excluding carboxylic acids is 2. The third kappa shape index (κ3) is 2.80. The van der Waals surface area contributed by atoms with Gasteiger partial charge in [-0.15, -0.1) is 11.3 Å². The molecule has 2 bridgehead atoms. The van der Waals surface area contributed by atoms with Crippen LogP contribution in [0.15, 0.2) is 6.07 Å². The quantitative estimate of drug-likeness (QED) is 0.746. The van der Waals surface area contributed by atoms with Crippen LogP contribution < -0.4 is 11.1 Å². The Morgan fingerprint density at radius 3 is 2.46 bits per heavy atom. The van der Waals surface area contributed by atoms with Gasteiger partial charge in [0.2, 0.25) is 5.91 Å². The molecule has 1 aromatic heterocycles. The topological polar surface area (TPSA) is 119 Å². The molecule has 0 radical (unpaired) electrons. The second-order valence-electron chi connectivity index (χ2n) is 6.58. The third-order valence-corrected chi connectivity index (χ3v) is 6.03. The van der Waals surface area contributed by atoms with Crippen molar-refractivity contribution in [3.8, 4) is 0 Å². The first kappa shape index (κ1) is 16.9. The van der Waals surface area contributed by atoms with Gasteiger partial charge in [0.05, 0.1) is 29.6 Å². The zero-order chi connectivity index (χ0) is 17.6. The Bertz CT molecular complexity index is 699. The molecule has 7 nitrogen and oxygen atoms in total.